The molecule has 0 unspecified atom stereocenters. The van der Waals surface area contributed by atoms with Gasteiger partial charge in [-0.15, -0.1) is 0 Å². The van der Waals surface area contributed by atoms with E-state index in [2.05, 4.69) is 14.7 Å². The van der Waals surface area contributed by atoms with Crippen LogP contribution in [0.4, 0.5) is 17.6 Å². The Morgan fingerprint density at radius 2 is 1.94 bits per heavy atom. The molecular formula is C9H3F4IN2O. The summed E-state index contributed by atoms with van der Waals surface area (Å²) in [5.41, 5.74) is -1.34. The van der Waals surface area contributed by atoms with Crippen LogP contribution in [0.5, 0.6) is 0 Å². The number of benzene rings is 1. The number of aromatic nitrogens is 2. The van der Waals surface area contributed by atoms with Crippen molar-refractivity contribution in [3.63, 3.8) is 0 Å². The highest BCUT2D eigenvalue weighted by Gasteiger charge is 2.31. The molecule has 0 saturated heterocycles. The van der Waals surface area contributed by atoms with Crippen molar-refractivity contribution in [2.45, 2.75) is 6.18 Å². The fourth-order valence-electron chi connectivity index (χ4n) is 1.18. The molecule has 2 rings (SSSR count). The minimum absolute atomic E-state index is 0.189. The van der Waals surface area contributed by atoms with Crippen LogP contribution in [0.25, 0.3) is 11.5 Å². The molecular weight excluding hydrogens is 355 g/mol. The molecule has 0 spiro atoms. The Balaban J connectivity index is 2.54. The second-order valence-corrected chi connectivity index (χ2v) is 4.03. The lowest BCUT2D eigenvalue weighted by molar-refractivity contribution is -0.137. The first-order chi connectivity index (χ1) is 7.88. The molecule has 0 saturated carbocycles. The Morgan fingerprint density at radius 1 is 1.24 bits per heavy atom. The standard InChI is InChI=1S/C9H3F4IN2O/c10-6-2-1-4(9(11,12)13)3-5(6)7-15-8(14)16-17-7/h1-3H. The van der Waals surface area contributed by atoms with E-state index >= 15 is 0 Å². The third-order valence-corrected chi connectivity index (χ3v) is 2.36. The van der Waals surface area contributed by atoms with Crippen molar-refractivity contribution >= 4 is 22.6 Å². The molecule has 0 fully saturated rings. The Kier molecular flexibility index (Phi) is 3.06. The summed E-state index contributed by atoms with van der Waals surface area (Å²) >= 11 is 1.70. The van der Waals surface area contributed by atoms with Gasteiger partial charge in [0.05, 0.1) is 11.1 Å². The van der Waals surface area contributed by atoms with Crippen molar-refractivity contribution in [2.75, 3.05) is 0 Å². The van der Waals surface area contributed by atoms with Crippen LogP contribution >= 0.6 is 22.6 Å². The molecule has 1 aromatic carbocycles. The van der Waals surface area contributed by atoms with Gasteiger partial charge in [0.2, 0.25) is 3.83 Å². The summed E-state index contributed by atoms with van der Waals surface area (Å²) in [4.78, 5) is 3.67. The van der Waals surface area contributed by atoms with Gasteiger partial charge in [-0.05, 0) is 18.2 Å². The summed E-state index contributed by atoms with van der Waals surface area (Å²) in [6.45, 7) is 0. The topological polar surface area (TPSA) is 38.9 Å². The Labute approximate surface area is 106 Å². The summed E-state index contributed by atoms with van der Waals surface area (Å²) < 4.78 is 55.5. The predicted octanol–water partition coefficient (Wildman–Crippen LogP) is 3.50. The quantitative estimate of drug-likeness (QED) is 0.579. The summed E-state index contributed by atoms with van der Waals surface area (Å²) in [7, 11) is 0. The second kappa shape index (κ2) is 4.24. The number of hydrogen-bond acceptors (Lipinski definition) is 3. The first-order valence-electron chi connectivity index (χ1n) is 4.24. The zero-order valence-corrected chi connectivity index (χ0v) is 10.1. The van der Waals surface area contributed by atoms with Crippen molar-refractivity contribution < 1.29 is 22.1 Å². The third-order valence-electron chi connectivity index (χ3n) is 1.93. The van der Waals surface area contributed by atoms with Gasteiger partial charge in [-0.3, -0.25) is 0 Å². The number of rotatable bonds is 1. The van der Waals surface area contributed by atoms with Crippen LogP contribution < -0.4 is 0 Å². The lowest BCUT2D eigenvalue weighted by Crippen LogP contribution is -2.05. The van der Waals surface area contributed by atoms with Gasteiger partial charge in [-0.2, -0.15) is 18.2 Å². The summed E-state index contributed by atoms with van der Waals surface area (Å²) in [5, 5.41) is 3.38. The molecule has 90 valence electrons. The average Bonchev–Trinajstić information content (AvgIpc) is 2.63. The molecule has 0 radical (unpaired) electrons. The number of alkyl halides is 3. The van der Waals surface area contributed by atoms with Gasteiger partial charge >= 0.3 is 6.18 Å². The molecule has 17 heavy (non-hydrogen) atoms. The van der Waals surface area contributed by atoms with Crippen LogP contribution in [-0.2, 0) is 6.18 Å². The van der Waals surface area contributed by atoms with E-state index < -0.39 is 17.6 Å². The molecule has 0 bridgehead atoms. The highest BCUT2D eigenvalue weighted by atomic mass is 127. The Hall–Kier alpha value is -1.19. The van der Waals surface area contributed by atoms with Crippen molar-refractivity contribution in [2.24, 2.45) is 0 Å². The maximum atomic E-state index is 13.4. The monoisotopic (exact) mass is 358 g/mol. The Morgan fingerprint density at radius 3 is 2.47 bits per heavy atom. The first-order valence-corrected chi connectivity index (χ1v) is 5.32. The fourth-order valence-corrected chi connectivity index (χ4v) is 1.50. The molecule has 0 N–H and O–H groups in total. The van der Waals surface area contributed by atoms with Crippen molar-refractivity contribution in [1.82, 2.24) is 10.1 Å². The molecule has 1 heterocycles. The minimum atomic E-state index is -4.55. The summed E-state index contributed by atoms with van der Waals surface area (Å²) in [6.07, 6.45) is -4.55. The first kappa shape index (κ1) is 12.3. The number of hydrogen-bond donors (Lipinski definition) is 0. The van der Waals surface area contributed by atoms with Gasteiger partial charge in [0, 0.05) is 22.6 Å². The van der Waals surface area contributed by atoms with Gasteiger partial charge in [-0.1, -0.05) is 5.16 Å². The van der Waals surface area contributed by atoms with Crippen molar-refractivity contribution in [3.8, 4) is 11.5 Å². The maximum absolute atomic E-state index is 13.4. The van der Waals surface area contributed by atoms with Crippen LogP contribution in [0.1, 0.15) is 5.56 Å². The van der Waals surface area contributed by atoms with Gasteiger partial charge in [0.25, 0.3) is 5.89 Å². The van der Waals surface area contributed by atoms with Gasteiger partial charge in [-0.25, -0.2) is 4.39 Å². The second-order valence-electron chi connectivity index (χ2n) is 3.06. The normalized spacial score (nSPS) is 11.8. The van der Waals surface area contributed by atoms with Crippen LogP contribution in [0.2, 0.25) is 0 Å². The van der Waals surface area contributed by atoms with Crippen LogP contribution in [0.3, 0.4) is 0 Å². The summed E-state index contributed by atoms with van der Waals surface area (Å²) in [5.74, 6) is -1.13. The van der Waals surface area contributed by atoms with Gasteiger partial charge < -0.3 is 4.52 Å². The van der Waals surface area contributed by atoms with Crippen LogP contribution in [-0.4, -0.2) is 10.1 Å². The number of halogens is 5. The molecule has 3 nitrogen and oxygen atoms in total. The van der Waals surface area contributed by atoms with E-state index in [-0.39, 0.29) is 15.3 Å². The highest BCUT2D eigenvalue weighted by Crippen LogP contribution is 2.33. The van der Waals surface area contributed by atoms with Crippen LogP contribution in [0, 0.1) is 9.65 Å². The maximum Gasteiger partial charge on any atom is 0.416 e. The smallest absolute Gasteiger partial charge is 0.333 e. The molecule has 0 atom stereocenters. The fraction of sp³-hybridized carbons (Fsp3) is 0.111. The molecule has 0 aliphatic rings. The molecule has 0 amide bonds. The molecule has 8 heteroatoms. The zero-order valence-electron chi connectivity index (χ0n) is 7.92. The van der Waals surface area contributed by atoms with Crippen LogP contribution in [0.15, 0.2) is 22.7 Å². The summed E-state index contributed by atoms with van der Waals surface area (Å²) in [6, 6.07) is 2.01. The Bertz CT molecular complexity index is 552. The van der Waals surface area contributed by atoms with Crippen molar-refractivity contribution in [3.05, 3.63) is 33.4 Å². The van der Waals surface area contributed by atoms with E-state index in [9.17, 15) is 17.6 Å². The lowest BCUT2D eigenvalue weighted by atomic mass is 10.1. The largest absolute Gasteiger partial charge is 0.416 e. The lowest BCUT2D eigenvalue weighted by Gasteiger charge is -2.07. The number of nitrogens with zero attached hydrogens (tertiary/aromatic N) is 2. The zero-order chi connectivity index (χ0) is 12.6. The van der Waals surface area contributed by atoms with E-state index in [1.807, 2.05) is 0 Å². The average molecular weight is 358 g/mol. The van der Waals surface area contributed by atoms with E-state index in [0.717, 1.165) is 6.07 Å². The molecule has 1 aromatic heterocycles. The molecule has 0 aliphatic carbocycles. The SMILES string of the molecule is Fc1ccc(C(F)(F)F)cc1-c1nc(I)no1. The van der Waals surface area contributed by atoms with Crippen molar-refractivity contribution in [1.29, 1.82) is 0 Å². The van der Waals surface area contributed by atoms with E-state index in [1.165, 1.54) is 0 Å². The third kappa shape index (κ3) is 2.56. The van der Waals surface area contributed by atoms with Gasteiger partial charge in [0.15, 0.2) is 0 Å². The van der Waals surface area contributed by atoms with E-state index in [4.69, 9.17) is 0 Å². The molecule has 2 aromatic rings. The van der Waals surface area contributed by atoms with Gasteiger partial charge in [0.1, 0.15) is 5.82 Å². The minimum Gasteiger partial charge on any atom is -0.333 e. The van der Waals surface area contributed by atoms with E-state index in [0.29, 0.717) is 12.1 Å². The molecule has 0 aliphatic heterocycles. The van der Waals surface area contributed by atoms with E-state index in [1.54, 1.807) is 22.6 Å². The highest BCUT2D eigenvalue weighted by molar-refractivity contribution is 14.1. The predicted molar refractivity (Wildman–Crippen MR) is 57.4 cm³/mol.